The van der Waals surface area contributed by atoms with Crippen LogP contribution in [0, 0.1) is 5.92 Å². The summed E-state index contributed by atoms with van der Waals surface area (Å²) in [6.07, 6.45) is 5.01. The van der Waals surface area contributed by atoms with Gasteiger partial charge in [0.1, 0.15) is 5.69 Å². The van der Waals surface area contributed by atoms with Crippen molar-refractivity contribution in [3.05, 3.63) is 27.1 Å². The van der Waals surface area contributed by atoms with Gasteiger partial charge >= 0.3 is 0 Å². The van der Waals surface area contributed by atoms with E-state index in [9.17, 15) is 9.59 Å². The van der Waals surface area contributed by atoms with Gasteiger partial charge in [0, 0.05) is 22.6 Å². The monoisotopic (exact) mass is 313 g/mol. The Labute approximate surface area is 113 Å². The van der Waals surface area contributed by atoms with Gasteiger partial charge in [-0.05, 0) is 41.3 Å². The van der Waals surface area contributed by atoms with Gasteiger partial charge in [0.25, 0.3) is 5.56 Å². The lowest BCUT2D eigenvalue weighted by Gasteiger charge is -2.25. The van der Waals surface area contributed by atoms with E-state index < -0.39 is 0 Å². The first-order valence-electron chi connectivity index (χ1n) is 6.01. The molecule has 2 atom stereocenters. The summed E-state index contributed by atoms with van der Waals surface area (Å²) in [5.41, 5.74) is 5.83. The van der Waals surface area contributed by atoms with Crippen LogP contribution in [0.5, 0.6) is 0 Å². The molecule has 0 radical (unpaired) electrons. The highest BCUT2D eigenvalue weighted by molar-refractivity contribution is 9.10. The molecule has 2 rings (SSSR count). The van der Waals surface area contributed by atoms with Crippen molar-refractivity contribution in [2.24, 2.45) is 11.7 Å². The van der Waals surface area contributed by atoms with Gasteiger partial charge in [-0.15, -0.1) is 0 Å². The Balaban J connectivity index is 2.06. The number of hydrogen-bond donors (Lipinski definition) is 3. The number of nitrogens with two attached hydrogens (primary N) is 1. The molecule has 1 amide bonds. The molecule has 1 aromatic rings. The Hall–Kier alpha value is -1.14. The molecule has 0 bridgehead atoms. The van der Waals surface area contributed by atoms with Crippen molar-refractivity contribution in [1.82, 2.24) is 4.98 Å². The quantitative estimate of drug-likeness (QED) is 0.774. The first-order chi connectivity index (χ1) is 8.56. The van der Waals surface area contributed by atoms with E-state index in [0.717, 1.165) is 23.7 Å². The lowest BCUT2D eigenvalue weighted by Crippen LogP contribution is -2.35. The van der Waals surface area contributed by atoms with Crippen LogP contribution in [0.15, 0.2) is 21.5 Å². The second kappa shape index (κ2) is 5.67. The fraction of sp³-hybridized carbons (Fsp3) is 0.500. The van der Waals surface area contributed by atoms with E-state index in [1.165, 1.54) is 6.20 Å². The number of rotatable bonds is 2. The third kappa shape index (κ3) is 3.20. The van der Waals surface area contributed by atoms with Crippen molar-refractivity contribution < 1.29 is 4.79 Å². The average Bonchev–Trinajstić information content (AvgIpc) is 2.34. The molecule has 1 aliphatic carbocycles. The van der Waals surface area contributed by atoms with Crippen LogP contribution in [-0.2, 0) is 4.79 Å². The molecule has 1 heterocycles. The zero-order chi connectivity index (χ0) is 13.1. The number of pyridine rings is 1. The highest BCUT2D eigenvalue weighted by Gasteiger charge is 2.25. The number of carbonyl (C=O) groups is 1. The molecule has 98 valence electrons. The SMILES string of the molecule is NC1CCCC(C(=O)Nc2cc(Br)c[nH]c2=O)C1. The molecular weight excluding hydrogens is 298 g/mol. The Kier molecular flexibility index (Phi) is 4.19. The summed E-state index contributed by atoms with van der Waals surface area (Å²) in [5, 5.41) is 2.67. The Morgan fingerprint density at radius 2 is 2.28 bits per heavy atom. The summed E-state index contributed by atoms with van der Waals surface area (Å²) in [7, 11) is 0. The van der Waals surface area contributed by atoms with Gasteiger partial charge in [-0.2, -0.15) is 0 Å². The van der Waals surface area contributed by atoms with Crippen molar-refractivity contribution in [3.8, 4) is 0 Å². The fourth-order valence-corrected chi connectivity index (χ4v) is 2.59. The molecule has 0 spiro atoms. The zero-order valence-electron chi connectivity index (χ0n) is 9.91. The minimum atomic E-state index is -0.299. The number of amides is 1. The highest BCUT2D eigenvalue weighted by atomic mass is 79.9. The summed E-state index contributed by atoms with van der Waals surface area (Å²) in [5.74, 6) is -0.208. The molecule has 0 aliphatic heterocycles. The summed E-state index contributed by atoms with van der Waals surface area (Å²) >= 11 is 3.25. The van der Waals surface area contributed by atoms with E-state index in [2.05, 4.69) is 26.2 Å². The smallest absolute Gasteiger partial charge is 0.271 e. The Morgan fingerprint density at radius 3 is 3.00 bits per heavy atom. The first kappa shape index (κ1) is 13.3. The van der Waals surface area contributed by atoms with Crippen LogP contribution in [0.4, 0.5) is 5.69 Å². The van der Waals surface area contributed by atoms with E-state index in [1.54, 1.807) is 6.07 Å². The van der Waals surface area contributed by atoms with Crippen LogP contribution < -0.4 is 16.6 Å². The molecule has 2 unspecified atom stereocenters. The standard InChI is InChI=1S/C12H16BrN3O2/c13-8-5-10(12(18)15-6-8)16-11(17)7-2-1-3-9(14)4-7/h5-7,9H,1-4,14H2,(H,15,18)(H,16,17). The highest BCUT2D eigenvalue weighted by Crippen LogP contribution is 2.24. The molecule has 1 aromatic heterocycles. The lowest BCUT2D eigenvalue weighted by molar-refractivity contribution is -0.120. The van der Waals surface area contributed by atoms with Crippen LogP contribution in [-0.4, -0.2) is 16.9 Å². The number of hydrogen-bond acceptors (Lipinski definition) is 3. The minimum Gasteiger partial charge on any atom is -0.328 e. The maximum absolute atomic E-state index is 12.0. The van der Waals surface area contributed by atoms with Crippen LogP contribution in [0.1, 0.15) is 25.7 Å². The fourth-order valence-electron chi connectivity index (χ4n) is 2.25. The molecular formula is C12H16BrN3O2. The van der Waals surface area contributed by atoms with Crippen LogP contribution in [0.3, 0.4) is 0 Å². The normalized spacial score (nSPS) is 23.7. The number of aromatic amines is 1. The lowest BCUT2D eigenvalue weighted by atomic mass is 9.85. The van der Waals surface area contributed by atoms with Gasteiger partial charge in [-0.1, -0.05) is 6.42 Å². The summed E-state index contributed by atoms with van der Waals surface area (Å²) in [6, 6.07) is 1.69. The third-order valence-electron chi connectivity index (χ3n) is 3.21. The van der Waals surface area contributed by atoms with Crippen LogP contribution in [0.2, 0.25) is 0 Å². The molecule has 1 saturated carbocycles. The van der Waals surface area contributed by atoms with Crippen molar-refractivity contribution in [1.29, 1.82) is 0 Å². The summed E-state index contributed by atoms with van der Waals surface area (Å²) in [4.78, 5) is 26.1. The average molecular weight is 314 g/mol. The molecule has 6 heteroatoms. The summed E-state index contributed by atoms with van der Waals surface area (Å²) < 4.78 is 0.720. The van der Waals surface area contributed by atoms with Crippen molar-refractivity contribution in [2.45, 2.75) is 31.7 Å². The molecule has 4 N–H and O–H groups in total. The maximum Gasteiger partial charge on any atom is 0.271 e. The van der Waals surface area contributed by atoms with Crippen molar-refractivity contribution in [3.63, 3.8) is 0 Å². The Bertz CT molecular complexity index is 500. The topological polar surface area (TPSA) is 88.0 Å². The second-order valence-corrected chi connectivity index (χ2v) is 5.59. The third-order valence-corrected chi connectivity index (χ3v) is 3.67. The van der Waals surface area contributed by atoms with E-state index in [-0.39, 0.29) is 29.1 Å². The number of anilines is 1. The minimum absolute atomic E-state index is 0.0906. The van der Waals surface area contributed by atoms with Gasteiger partial charge in [0.2, 0.25) is 5.91 Å². The molecule has 0 aromatic carbocycles. The van der Waals surface area contributed by atoms with E-state index >= 15 is 0 Å². The molecule has 0 saturated heterocycles. The second-order valence-electron chi connectivity index (χ2n) is 4.67. The van der Waals surface area contributed by atoms with E-state index in [0.29, 0.717) is 6.42 Å². The van der Waals surface area contributed by atoms with E-state index in [4.69, 9.17) is 5.73 Å². The first-order valence-corrected chi connectivity index (χ1v) is 6.80. The van der Waals surface area contributed by atoms with Gasteiger partial charge in [-0.25, -0.2) is 0 Å². The molecule has 1 fully saturated rings. The van der Waals surface area contributed by atoms with Crippen molar-refractivity contribution in [2.75, 3.05) is 5.32 Å². The zero-order valence-corrected chi connectivity index (χ0v) is 11.5. The predicted molar refractivity (Wildman–Crippen MR) is 73.3 cm³/mol. The van der Waals surface area contributed by atoms with Crippen LogP contribution in [0.25, 0.3) is 0 Å². The van der Waals surface area contributed by atoms with Crippen molar-refractivity contribution >= 4 is 27.5 Å². The number of H-pyrrole nitrogens is 1. The molecule has 1 aliphatic rings. The maximum atomic E-state index is 12.0. The number of carbonyl (C=O) groups excluding carboxylic acids is 1. The van der Waals surface area contributed by atoms with Gasteiger partial charge in [-0.3, -0.25) is 9.59 Å². The number of halogens is 1. The van der Waals surface area contributed by atoms with E-state index in [1.807, 2.05) is 0 Å². The van der Waals surface area contributed by atoms with Crippen LogP contribution >= 0.6 is 15.9 Å². The Morgan fingerprint density at radius 1 is 1.50 bits per heavy atom. The number of aromatic nitrogens is 1. The van der Waals surface area contributed by atoms with Gasteiger partial charge in [0.15, 0.2) is 0 Å². The molecule has 18 heavy (non-hydrogen) atoms. The van der Waals surface area contributed by atoms with Gasteiger partial charge in [0.05, 0.1) is 0 Å². The predicted octanol–water partition coefficient (Wildman–Crippen LogP) is 1.59. The molecule has 5 nitrogen and oxygen atoms in total. The summed E-state index contributed by atoms with van der Waals surface area (Å²) in [6.45, 7) is 0. The number of nitrogens with one attached hydrogen (secondary N) is 2. The largest absolute Gasteiger partial charge is 0.328 e. The van der Waals surface area contributed by atoms with Gasteiger partial charge < -0.3 is 16.0 Å².